The Hall–Kier alpha value is -1.08. The minimum atomic E-state index is -3.74. The average molecular weight is 177 g/mol. The molecule has 7 heteroatoms. The van der Waals surface area contributed by atoms with Crippen molar-refractivity contribution in [1.82, 2.24) is 5.16 Å². The maximum absolute atomic E-state index is 10.4. The lowest BCUT2D eigenvalue weighted by atomic mass is 10.5. The van der Waals surface area contributed by atoms with Crippen molar-refractivity contribution in [1.29, 1.82) is 0 Å². The summed E-state index contributed by atoms with van der Waals surface area (Å²) in [5, 5.41) is 8.01. The maximum atomic E-state index is 10.4. The highest BCUT2D eigenvalue weighted by Crippen LogP contribution is 2.06. The maximum Gasteiger partial charge on any atom is 0.297 e. The summed E-state index contributed by atoms with van der Waals surface area (Å²) in [6.45, 7) is 1.64. The van der Waals surface area contributed by atoms with Crippen LogP contribution in [0.4, 0.5) is 5.82 Å². The molecule has 11 heavy (non-hydrogen) atoms. The van der Waals surface area contributed by atoms with E-state index in [0.29, 0.717) is 5.76 Å². The third-order valence-electron chi connectivity index (χ3n) is 0.875. The van der Waals surface area contributed by atoms with Crippen molar-refractivity contribution in [3.8, 4) is 0 Å². The Bertz CT molecular complexity index is 341. The van der Waals surface area contributed by atoms with Crippen molar-refractivity contribution in [2.75, 3.05) is 4.72 Å². The molecular weight excluding hydrogens is 170 g/mol. The zero-order chi connectivity index (χ0) is 8.48. The van der Waals surface area contributed by atoms with Crippen LogP contribution in [0, 0.1) is 6.92 Å². The molecule has 3 N–H and O–H groups in total. The molecule has 0 aliphatic heterocycles. The quantitative estimate of drug-likeness (QED) is 0.642. The average Bonchev–Trinajstić information content (AvgIpc) is 2.10. The molecule has 0 aliphatic carbocycles. The van der Waals surface area contributed by atoms with E-state index in [1.165, 1.54) is 6.07 Å². The Morgan fingerprint density at radius 3 is 2.73 bits per heavy atom. The minimum Gasteiger partial charge on any atom is -0.360 e. The molecule has 0 fully saturated rings. The number of hydrogen-bond donors (Lipinski definition) is 2. The molecule has 0 saturated carbocycles. The van der Waals surface area contributed by atoms with E-state index >= 15 is 0 Å². The summed E-state index contributed by atoms with van der Waals surface area (Å²) < 4.78 is 27.3. The lowest BCUT2D eigenvalue weighted by molar-refractivity contribution is 0.400. The van der Waals surface area contributed by atoms with Gasteiger partial charge in [-0.25, -0.2) is 5.14 Å². The number of rotatable bonds is 2. The van der Waals surface area contributed by atoms with Crippen LogP contribution in [-0.4, -0.2) is 13.6 Å². The van der Waals surface area contributed by atoms with Gasteiger partial charge < -0.3 is 4.52 Å². The number of nitrogens with two attached hydrogens (primary N) is 1. The second-order valence-electron chi connectivity index (χ2n) is 1.97. The van der Waals surface area contributed by atoms with Gasteiger partial charge in [-0.1, -0.05) is 5.16 Å². The van der Waals surface area contributed by atoms with Crippen molar-refractivity contribution in [2.45, 2.75) is 6.92 Å². The molecule has 0 unspecified atom stereocenters. The lowest BCUT2D eigenvalue weighted by Crippen LogP contribution is -2.21. The van der Waals surface area contributed by atoms with Crippen LogP contribution in [0.1, 0.15) is 5.76 Å². The van der Waals surface area contributed by atoms with E-state index in [0.717, 1.165) is 0 Å². The first kappa shape index (κ1) is 8.02. The Morgan fingerprint density at radius 1 is 1.73 bits per heavy atom. The number of aryl methyl sites for hydroxylation is 1. The number of anilines is 1. The van der Waals surface area contributed by atoms with Crippen molar-refractivity contribution >= 4 is 16.0 Å². The van der Waals surface area contributed by atoms with Crippen LogP contribution in [-0.2, 0) is 10.2 Å². The van der Waals surface area contributed by atoms with Crippen molar-refractivity contribution in [3.05, 3.63) is 11.8 Å². The molecule has 0 amide bonds. The fourth-order valence-corrected chi connectivity index (χ4v) is 0.948. The standard InChI is InChI=1S/C4H7N3O3S/c1-3-2-4(6-10-3)7-11(5,8)9/h2H,1H3,(H,6,7)(H2,5,8,9). The highest BCUT2D eigenvalue weighted by molar-refractivity contribution is 7.90. The summed E-state index contributed by atoms with van der Waals surface area (Å²) in [6.07, 6.45) is 0. The normalized spacial score (nSPS) is 11.5. The fraction of sp³-hybridized carbons (Fsp3) is 0.250. The van der Waals surface area contributed by atoms with Gasteiger partial charge in [-0.3, -0.25) is 4.72 Å². The summed E-state index contributed by atoms with van der Waals surface area (Å²) in [6, 6.07) is 1.42. The number of aromatic nitrogens is 1. The predicted molar refractivity (Wildman–Crippen MR) is 38.0 cm³/mol. The van der Waals surface area contributed by atoms with Gasteiger partial charge in [-0.05, 0) is 6.92 Å². The second kappa shape index (κ2) is 2.51. The zero-order valence-electron chi connectivity index (χ0n) is 5.73. The SMILES string of the molecule is Cc1cc(NS(N)(=O)=O)no1. The summed E-state index contributed by atoms with van der Waals surface area (Å²) >= 11 is 0. The molecule has 62 valence electrons. The Labute approximate surface area is 63.5 Å². The smallest absolute Gasteiger partial charge is 0.297 e. The molecule has 1 aromatic rings. The molecule has 6 nitrogen and oxygen atoms in total. The summed E-state index contributed by atoms with van der Waals surface area (Å²) in [5.41, 5.74) is 0. The topological polar surface area (TPSA) is 98.2 Å². The Balaban J connectivity index is 2.81. The second-order valence-corrected chi connectivity index (χ2v) is 3.26. The number of nitrogens with zero attached hydrogens (tertiary/aromatic N) is 1. The Kier molecular flexibility index (Phi) is 1.83. The number of nitrogens with one attached hydrogen (secondary N) is 1. The third kappa shape index (κ3) is 2.56. The van der Waals surface area contributed by atoms with Crippen molar-refractivity contribution in [2.24, 2.45) is 5.14 Å². The molecule has 0 radical (unpaired) electrons. The van der Waals surface area contributed by atoms with Crippen LogP contribution < -0.4 is 9.86 Å². The Morgan fingerprint density at radius 2 is 2.36 bits per heavy atom. The van der Waals surface area contributed by atoms with Gasteiger partial charge in [-0.2, -0.15) is 8.42 Å². The van der Waals surface area contributed by atoms with E-state index in [-0.39, 0.29) is 5.82 Å². The largest absolute Gasteiger partial charge is 0.360 e. The van der Waals surface area contributed by atoms with E-state index in [1.807, 2.05) is 4.72 Å². The molecular formula is C4H7N3O3S. The molecule has 1 heterocycles. The van der Waals surface area contributed by atoms with Gasteiger partial charge in [0.1, 0.15) is 5.76 Å². The van der Waals surface area contributed by atoms with Gasteiger partial charge in [-0.15, -0.1) is 0 Å². The van der Waals surface area contributed by atoms with Crippen molar-refractivity contribution < 1.29 is 12.9 Å². The molecule has 0 aliphatic rings. The van der Waals surface area contributed by atoms with Gasteiger partial charge in [0.2, 0.25) is 0 Å². The van der Waals surface area contributed by atoms with Crippen LogP contribution >= 0.6 is 0 Å². The predicted octanol–water partition coefficient (Wildman–Crippen LogP) is -0.402. The van der Waals surface area contributed by atoms with E-state index in [2.05, 4.69) is 14.8 Å². The highest BCUT2D eigenvalue weighted by Gasteiger charge is 2.05. The van der Waals surface area contributed by atoms with Crippen LogP contribution in [0.3, 0.4) is 0 Å². The van der Waals surface area contributed by atoms with Crippen LogP contribution in [0.15, 0.2) is 10.6 Å². The first-order chi connectivity index (χ1) is 4.97. The van der Waals surface area contributed by atoms with Gasteiger partial charge in [0.15, 0.2) is 5.82 Å². The minimum absolute atomic E-state index is 0.0880. The summed E-state index contributed by atoms with van der Waals surface area (Å²) in [7, 11) is -3.74. The molecule has 0 aromatic carbocycles. The molecule has 0 saturated heterocycles. The number of hydrogen-bond acceptors (Lipinski definition) is 4. The van der Waals surface area contributed by atoms with Crippen LogP contribution in [0.5, 0.6) is 0 Å². The molecule has 0 atom stereocenters. The first-order valence-corrected chi connectivity index (χ1v) is 4.26. The molecule has 1 rings (SSSR count). The first-order valence-electron chi connectivity index (χ1n) is 2.71. The molecule has 0 spiro atoms. The van der Waals surface area contributed by atoms with E-state index in [1.54, 1.807) is 6.92 Å². The van der Waals surface area contributed by atoms with E-state index in [4.69, 9.17) is 0 Å². The highest BCUT2D eigenvalue weighted by atomic mass is 32.2. The van der Waals surface area contributed by atoms with Gasteiger partial charge in [0.05, 0.1) is 0 Å². The molecule has 1 aromatic heterocycles. The van der Waals surface area contributed by atoms with Gasteiger partial charge in [0, 0.05) is 6.07 Å². The van der Waals surface area contributed by atoms with Gasteiger partial charge in [0.25, 0.3) is 10.2 Å². The lowest BCUT2D eigenvalue weighted by Gasteiger charge is -1.94. The van der Waals surface area contributed by atoms with Crippen LogP contribution in [0.2, 0.25) is 0 Å². The fourth-order valence-electron chi connectivity index (χ4n) is 0.560. The van der Waals surface area contributed by atoms with E-state index < -0.39 is 10.2 Å². The van der Waals surface area contributed by atoms with Gasteiger partial charge >= 0.3 is 0 Å². The van der Waals surface area contributed by atoms with Crippen molar-refractivity contribution in [3.63, 3.8) is 0 Å². The zero-order valence-corrected chi connectivity index (χ0v) is 6.55. The van der Waals surface area contributed by atoms with Crippen LogP contribution in [0.25, 0.3) is 0 Å². The summed E-state index contributed by atoms with van der Waals surface area (Å²) in [4.78, 5) is 0. The molecule has 0 bridgehead atoms. The van der Waals surface area contributed by atoms with E-state index in [9.17, 15) is 8.42 Å². The summed E-state index contributed by atoms with van der Waals surface area (Å²) in [5.74, 6) is 0.598. The third-order valence-corrected chi connectivity index (χ3v) is 1.37. The monoisotopic (exact) mass is 177 g/mol.